The van der Waals surface area contributed by atoms with Crippen molar-refractivity contribution in [2.75, 3.05) is 12.4 Å². The lowest BCUT2D eigenvalue weighted by Crippen LogP contribution is -2.07. The third kappa shape index (κ3) is 3.50. The molecule has 0 amide bonds. The van der Waals surface area contributed by atoms with Gasteiger partial charge < -0.3 is 10.1 Å². The maximum absolute atomic E-state index is 5.27. The minimum atomic E-state index is 0.247. The van der Waals surface area contributed by atoms with Crippen molar-refractivity contribution in [1.29, 1.82) is 0 Å². The van der Waals surface area contributed by atoms with Crippen molar-refractivity contribution in [3.05, 3.63) is 59.2 Å². The number of benzene rings is 2. The van der Waals surface area contributed by atoms with Crippen LogP contribution >= 0.6 is 0 Å². The van der Waals surface area contributed by atoms with Gasteiger partial charge in [-0.2, -0.15) is 0 Å². The Bertz CT molecular complexity index is 543. The van der Waals surface area contributed by atoms with E-state index in [0.717, 1.165) is 11.4 Å². The number of methoxy groups -OCH3 is 1. The number of aryl methyl sites for hydroxylation is 2. The van der Waals surface area contributed by atoms with Gasteiger partial charge in [0.1, 0.15) is 5.75 Å². The van der Waals surface area contributed by atoms with Crippen LogP contribution in [0.25, 0.3) is 0 Å². The largest absolute Gasteiger partial charge is 0.497 e. The van der Waals surface area contributed by atoms with Crippen molar-refractivity contribution < 1.29 is 4.74 Å². The molecule has 0 aliphatic rings. The highest BCUT2D eigenvalue weighted by Crippen LogP contribution is 2.23. The van der Waals surface area contributed by atoms with E-state index in [0.29, 0.717) is 0 Å². The number of ether oxygens (including phenoxy) is 1. The molecule has 0 saturated heterocycles. The van der Waals surface area contributed by atoms with E-state index < -0.39 is 0 Å². The molecule has 1 atom stereocenters. The van der Waals surface area contributed by atoms with Gasteiger partial charge in [0, 0.05) is 11.7 Å². The van der Waals surface area contributed by atoms with Gasteiger partial charge in [-0.15, -0.1) is 0 Å². The van der Waals surface area contributed by atoms with Crippen molar-refractivity contribution in [2.45, 2.75) is 26.8 Å². The second kappa shape index (κ2) is 5.79. The van der Waals surface area contributed by atoms with Crippen molar-refractivity contribution in [2.24, 2.45) is 0 Å². The SMILES string of the molecule is COc1cccc(C(C)Nc2cc(C)cc(C)c2)c1. The Morgan fingerprint density at radius 3 is 2.32 bits per heavy atom. The van der Waals surface area contributed by atoms with Gasteiger partial charge in [0.25, 0.3) is 0 Å². The maximum Gasteiger partial charge on any atom is 0.119 e. The molecule has 0 bridgehead atoms. The van der Waals surface area contributed by atoms with Gasteiger partial charge >= 0.3 is 0 Å². The fourth-order valence-electron chi connectivity index (χ4n) is 2.30. The lowest BCUT2D eigenvalue weighted by atomic mass is 10.1. The smallest absolute Gasteiger partial charge is 0.119 e. The first-order valence-electron chi connectivity index (χ1n) is 6.57. The summed E-state index contributed by atoms with van der Waals surface area (Å²) in [5.74, 6) is 0.895. The van der Waals surface area contributed by atoms with Crippen LogP contribution in [0.5, 0.6) is 5.75 Å². The topological polar surface area (TPSA) is 21.3 Å². The molecule has 0 radical (unpaired) electrons. The average Bonchev–Trinajstić information content (AvgIpc) is 2.37. The van der Waals surface area contributed by atoms with Crippen LogP contribution in [0.4, 0.5) is 5.69 Å². The summed E-state index contributed by atoms with van der Waals surface area (Å²) in [7, 11) is 1.70. The number of rotatable bonds is 4. The van der Waals surface area contributed by atoms with Crippen molar-refractivity contribution in [1.82, 2.24) is 0 Å². The van der Waals surface area contributed by atoms with Crippen LogP contribution in [0.3, 0.4) is 0 Å². The second-order valence-electron chi connectivity index (χ2n) is 5.02. The number of hydrogen-bond donors (Lipinski definition) is 1. The monoisotopic (exact) mass is 255 g/mol. The standard InChI is InChI=1S/C17H21NO/c1-12-8-13(2)10-16(9-12)18-14(3)15-6-5-7-17(11-15)19-4/h5-11,14,18H,1-4H3. The van der Waals surface area contributed by atoms with Gasteiger partial charge in [0.05, 0.1) is 7.11 Å². The van der Waals surface area contributed by atoms with Crippen molar-refractivity contribution in [3.8, 4) is 5.75 Å². The lowest BCUT2D eigenvalue weighted by molar-refractivity contribution is 0.414. The average molecular weight is 255 g/mol. The summed E-state index contributed by atoms with van der Waals surface area (Å²) in [6.45, 7) is 6.40. The molecule has 1 unspecified atom stereocenters. The molecule has 1 N–H and O–H groups in total. The summed E-state index contributed by atoms with van der Waals surface area (Å²) >= 11 is 0. The Morgan fingerprint density at radius 2 is 1.68 bits per heavy atom. The first-order chi connectivity index (χ1) is 9.08. The van der Waals surface area contributed by atoms with Gasteiger partial charge in [0.15, 0.2) is 0 Å². The van der Waals surface area contributed by atoms with Crippen LogP contribution in [0.15, 0.2) is 42.5 Å². The Hall–Kier alpha value is -1.96. The van der Waals surface area contributed by atoms with Gasteiger partial charge in [-0.25, -0.2) is 0 Å². The van der Waals surface area contributed by atoms with Gasteiger partial charge in [0.2, 0.25) is 0 Å². The van der Waals surface area contributed by atoms with Crippen LogP contribution in [-0.2, 0) is 0 Å². The van der Waals surface area contributed by atoms with Crippen molar-refractivity contribution in [3.63, 3.8) is 0 Å². The lowest BCUT2D eigenvalue weighted by Gasteiger charge is -2.17. The third-order valence-corrected chi connectivity index (χ3v) is 3.20. The summed E-state index contributed by atoms with van der Waals surface area (Å²) < 4.78 is 5.27. The van der Waals surface area contributed by atoms with Crippen LogP contribution in [-0.4, -0.2) is 7.11 Å². The summed E-state index contributed by atoms with van der Waals surface area (Å²) in [5.41, 5.74) is 4.94. The first-order valence-corrected chi connectivity index (χ1v) is 6.57. The molecule has 0 aliphatic heterocycles. The molecule has 0 saturated carbocycles. The predicted molar refractivity (Wildman–Crippen MR) is 80.9 cm³/mol. The summed E-state index contributed by atoms with van der Waals surface area (Å²) in [6.07, 6.45) is 0. The summed E-state index contributed by atoms with van der Waals surface area (Å²) in [6, 6.07) is 14.9. The molecule has 0 heterocycles. The fourth-order valence-corrected chi connectivity index (χ4v) is 2.30. The molecular weight excluding hydrogens is 234 g/mol. The number of anilines is 1. The molecule has 2 heteroatoms. The molecule has 100 valence electrons. The zero-order valence-electron chi connectivity index (χ0n) is 12.0. The molecule has 2 nitrogen and oxygen atoms in total. The van der Waals surface area contributed by atoms with Gasteiger partial charge in [-0.3, -0.25) is 0 Å². The zero-order valence-corrected chi connectivity index (χ0v) is 12.0. The molecular formula is C17H21NO. The van der Waals surface area contributed by atoms with Gasteiger partial charge in [-0.1, -0.05) is 18.2 Å². The Balaban J connectivity index is 2.17. The second-order valence-corrected chi connectivity index (χ2v) is 5.02. The molecule has 0 aromatic heterocycles. The van der Waals surface area contributed by atoms with Crippen LogP contribution in [0.2, 0.25) is 0 Å². The Kier molecular flexibility index (Phi) is 4.10. The molecule has 2 aromatic rings. The van der Waals surface area contributed by atoms with Crippen LogP contribution in [0, 0.1) is 13.8 Å². The summed E-state index contributed by atoms with van der Waals surface area (Å²) in [5, 5.41) is 3.54. The Labute approximate surface area is 115 Å². The molecule has 2 rings (SSSR count). The minimum absolute atomic E-state index is 0.247. The van der Waals surface area contributed by atoms with E-state index in [4.69, 9.17) is 4.74 Å². The Morgan fingerprint density at radius 1 is 1.00 bits per heavy atom. The first kappa shape index (κ1) is 13.5. The van der Waals surface area contributed by atoms with Gasteiger partial charge in [-0.05, 0) is 61.7 Å². The van der Waals surface area contributed by atoms with Crippen LogP contribution < -0.4 is 10.1 Å². The van der Waals surface area contributed by atoms with E-state index in [-0.39, 0.29) is 6.04 Å². The van der Waals surface area contributed by atoms with E-state index in [1.807, 2.05) is 12.1 Å². The highest BCUT2D eigenvalue weighted by atomic mass is 16.5. The minimum Gasteiger partial charge on any atom is -0.497 e. The molecule has 0 aliphatic carbocycles. The molecule has 0 spiro atoms. The molecule has 19 heavy (non-hydrogen) atoms. The van der Waals surface area contributed by atoms with E-state index in [1.165, 1.54) is 16.7 Å². The van der Waals surface area contributed by atoms with Crippen molar-refractivity contribution >= 4 is 5.69 Å². The molecule has 2 aromatic carbocycles. The van der Waals surface area contributed by atoms with Crippen LogP contribution in [0.1, 0.15) is 29.7 Å². The quantitative estimate of drug-likeness (QED) is 0.869. The van der Waals surface area contributed by atoms with E-state index >= 15 is 0 Å². The zero-order chi connectivity index (χ0) is 13.8. The van der Waals surface area contributed by atoms with E-state index in [9.17, 15) is 0 Å². The predicted octanol–water partition coefficient (Wildman–Crippen LogP) is 4.49. The summed E-state index contributed by atoms with van der Waals surface area (Å²) in [4.78, 5) is 0. The third-order valence-electron chi connectivity index (χ3n) is 3.20. The highest BCUT2D eigenvalue weighted by Gasteiger charge is 2.06. The number of hydrogen-bond acceptors (Lipinski definition) is 2. The fraction of sp³-hybridized carbons (Fsp3) is 0.294. The van der Waals surface area contributed by atoms with E-state index in [1.54, 1.807) is 7.11 Å². The highest BCUT2D eigenvalue weighted by molar-refractivity contribution is 5.50. The molecule has 0 fully saturated rings. The normalized spacial score (nSPS) is 12.0. The maximum atomic E-state index is 5.27. The van der Waals surface area contributed by atoms with E-state index in [2.05, 4.69) is 56.4 Å². The number of nitrogens with one attached hydrogen (secondary N) is 1.